The first-order valence-corrected chi connectivity index (χ1v) is 9.84. The highest BCUT2D eigenvalue weighted by atomic mass is 32.1. The number of rotatable bonds is 4. The van der Waals surface area contributed by atoms with Gasteiger partial charge in [0.1, 0.15) is 15.5 Å². The van der Waals surface area contributed by atoms with Gasteiger partial charge in [-0.3, -0.25) is 14.7 Å². The van der Waals surface area contributed by atoms with Gasteiger partial charge < -0.3 is 5.32 Å². The highest BCUT2D eigenvalue weighted by molar-refractivity contribution is 7.22. The minimum atomic E-state index is -0.185. The van der Waals surface area contributed by atoms with Crippen LogP contribution in [0.5, 0.6) is 0 Å². The van der Waals surface area contributed by atoms with E-state index in [1.54, 1.807) is 35.1 Å². The molecule has 0 aromatic carbocycles. The summed E-state index contributed by atoms with van der Waals surface area (Å²) in [5.74, 6) is -0.185. The van der Waals surface area contributed by atoms with E-state index in [-0.39, 0.29) is 5.91 Å². The molecule has 0 atom stereocenters. The zero-order valence-corrected chi connectivity index (χ0v) is 15.5. The SMILES string of the molecule is C=CC(=O)Nc1sc2c(c1-c1nc3cnccc3s1)CCN(CC)C2. The van der Waals surface area contributed by atoms with Gasteiger partial charge in [0.25, 0.3) is 0 Å². The standard InChI is InChI=1S/C18H18N4OS2/c1-3-15(23)21-18-16(11-6-8-22(4-2)10-14(11)25-18)17-20-12-9-19-7-5-13(12)24-17/h3,5,7,9H,1,4,6,8,10H2,2H3,(H,21,23). The molecule has 0 bridgehead atoms. The number of nitrogens with zero attached hydrogens (tertiary/aromatic N) is 3. The third kappa shape index (κ3) is 2.99. The van der Waals surface area contributed by atoms with E-state index in [0.29, 0.717) is 0 Å². The zero-order chi connectivity index (χ0) is 17.4. The summed E-state index contributed by atoms with van der Waals surface area (Å²) in [6.45, 7) is 8.75. The van der Waals surface area contributed by atoms with Crippen LogP contribution in [0.4, 0.5) is 5.00 Å². The van der Waals surface area contributed by atoms with Crippen molar-refractivity contribution in [3.05, 3.63) is 41.6 Å². The fraction of sp³-hybridized carbons (Fsp3) is 0.278. The van der Waals surface area contributed by atoms with E-state index in [2.05, 4.69) is 28.7 Å². The average Bonchev–Trinajstić information content (AvgIpc) is 3.20. The van der Waals surface area contributed by atoms with Crippen molar-refractivity contribution < 1.29 is 4.79 Å². The van der Waals surface area contributed by atoms with Gasteiger partial charge in [-0.2, -0.15) is 0 Å². The predicted molar refractivity (Wildman–Crippen MR) is 104 cm³/mol. The van der Waals surface area contributed by atoms with E-state index in [9.17, 15) is 4.79 Å². The Morgan fingerprint density at radius 1 is 1.48 bits per heavy atom. The molecular weight excluding hydrogens is 352 g/mol. The van der Waals surface area contributed by atoms with Gasteiger partial charge in [0.2, 0.25) is 5.91 Å². The van der Waals surface area contributed by atoms with Crippen molar-refractivity contribution >= 4 is 43.8 Å². The summed E-state index contributed by atoms with van der Waals surface area (Å²) in [6, 6.07) is 1.98. The average molecular weight is 371 g/mol. The maximum Gasteiger partial charge on any atom is 0.248 e. The molecule has 7 heteroatoms. The third-order valence-corrected chi connectivity index (χ3v) is 6.60. The van der Waals surface area contributed by atoms with Crippen LogP contribution < -0.4 is 5.32 Å². The zero-order valence-electron chi connectivity index (χ0n) is 13.9. The summed E-state index contributed by atoms with van der Waals surface area (Å²) >= 11 is 3.31. The molecule has 0 spiro atoms. The number of thiazole rings is 1. The number of anilines is 1. The molecule has 0 fully saturated rings. The Kier molecular flexibility index (Phi) is 4.37. The Labute approximate surface area is 154 Å². The molecule has 0 saturated heterocycles. The summed E-state index contributed by atoms with van der Waals surface area (Å²) in [5, 5.41) is 4.81. The Hall–Kier alpha value is -2.09. The number of carbonyl (C=O) groups excluding carboxylic acids is 1. The summed E-state index contributed by atoms with van der Waals surface area (Å²) in [5.41, 5.74) is 3.29. The maximum absolute atomic E-state index is 11.9. The van der Waals surface area contributed by atoms with Crippen molar-refractivity contribution in [2.45, 2.75) is 19.9 Å². The fourth-order valence-corrected chi connectivity index (χ4v) is 5.46. The molecule has 0 radical (unpaired) electrons. The number of thiophene rings is 1. The first kappa shape index (κ1) is 16.4. The van der Waals surface area contributed by atoms with Gasteiger partial charge in [-0.1, -0.05) is 13.5 Å². The number of fused-ring (bicyclic) bond motifs is 2. The fourth-order valence-electron chi connectivity index (χ4n) is 3.09. The predicted octanol–water partition coefficient (Wildman–Crippen LogP) is 3.92. The van der Waals surface area contributed by atoms with Crippen LogP contribution in [0.3, 0.4) is 0 Å². The number of likely N-dealkylation sites (N-methyl/N-ethyl adjacent to an activating group) is 1. The Morgan fingerprint density at radius 2 is 2.36 bits per heavy atom. The van der Waals surface area contributed by atoms with E-state index in [0.717, 1.165) is 51.8 Å². The van der Waals surface area contributed by atoms with Crippen molar-refractivity contribution in [3.8, 4) is 10.6 Å². The number of carbonyl (C=O) groups is 1. The van der Waals surface area contributed by atoms with E-state index < -0.39 is 0 Å². The molecule has 3 aromatic heterocycles. The minimum absolute atomic E-state index is 0.185. The first-order chi connectivity index (χ1) is 12.2. The van der Waals surface area contributed by atoms with Crippen molar-refractivity contribution in [2.24, 2.45) is 0 Å². The second kappa shape index (κ2) is 6.67. The largest absolute Gasteiger partial charge is 0.314 e. The molecule has 3 aromatic rings. The maximum atomic E-state index is 11.9. The Morgan fingerprint density at radius 3 is 3.12 bits per heavy atom. The highest BCUT2D eigenvalue weighted by Gasteiger charge is 2.27. The van der Waals surface area contributed by atoms with Crippen LogP contribution in [-0.4, -0.2) is 33.9 Å². The molecule has 128 valence electrons. The van der Waals surface area contributed by atoms with Crippen LogP contribution >= 0.6 is 22.7 Å². The smallest absolute Gasteiger partial charge is 0.248 e. The molecule has 1 aliphatic rings. The number of pyridine rings is 1. The number of hydrogen-bond acceptors (Lipinski definition) is 6. The number of nitrogens with one attached hydrogen (secondary N) is 1. The van der Waals surface area contributed by atoms with Crippen LogP contribution in [-0.2, 0) is 17.8 Å². The molecule has 4 rings (SSSR count). The van der Waals surface area contributed by atoms with Crippen LogP contribution in [0, 0.1) is 0 Å². The van der Waals surface area contributed by atoms with Crippen molar-refractivity contribution in [3.63, 3.8) is 0 Å². The van der Waals surface area contributed by atoms with Crippen molar-refractivity contribution in [1.29, 1.82) is 0 Å². The molecule has 0 saturated carbocycles. The Balaban J connectivity index is 1.85. The van der Waals surface area contributed by atoms with Gasteiger partial charge in [-0.05, 0) is 30.7 Å². The molecule has 25 heavy (non-hydrogen) atoms. The van der Waals surface area contributed by atoms with Gasteiger partial charge in [0.05, 0.1) is 10.9 Å². The number of aromatic nitrogens is 2. The summed E-state index contributed by atoms with van der Waals surface area (Å²) in [7, 11) is 0. The molecule has 0 unspecified atom stereocenters. The van der Waals surface area contributed by atoms with E-state index in [1.807, 2.05) is 6.07 Å². The minimum Gasteiger partial charge on any atom is -0.314 e. The highest BCUT2D eigenvalue weighted by Crippen LogP contribution is 2.45. The van der Waals surface area contributed by atoms with E-state index >= 15 is 0 Å². The van der Waals surface area contributed by atoms with Crippen molar-refractivity contribution in [2.75, 3.05) is 18.4 Å². The number of hydrogen-bond donors (Lipinski definition) is 1. The van der Waals surface area contributed by atoms with Gasteiger partial charge in [-0.15, -0.1) is 22.7 Å². The molecule has 0 aliphatic carbocycles. The van der Waals surface area contributed by atoms with Gasteiger partial charge in [0.15, 0.2) is 0 Å². The van der Waals surface area contributed by atoms with Crippen LogP contribution in [0.25, 0.3) is 20.8 Å². The second-order valence-electron chi connectivity index (χ2n) is 5.88. The van der Waals surface area contributed by atoms with Gasteiger partial charge >= 0.3 is 0 Å². The topological polar surface area (TPSA) is 58.1 Å². The molecule has 1 aliphatic heterocycles. The molecule has 1 amide bonds. The molecule has 4 heterocycles. The monoisotopic (exact) mass is 370 g/mol. The quantitative estimate of drug-likeness (QED) is 0.707. The van der Waals surface area contributed by atoms with E-state index in [1.165, 1.54) is 16.5 Å². The van der Waals surface area contributed by atoms with Crippen molar-refractivity contribution in [1.82, 2.24) is 14.9 Å². The Bertz CT molecular complexity index is 926. The summed E-state index contributed by atoms with van der Waals surface area (Å²) in [4.78, 5) is 24.6. The second-order valence-corrected chi connectivity index (χ2v) is 8.02. The number of amides is 1. The molecule has 5 nitrogen and oxygen atoms in total. The molecule has 1 N–H and O–H groups in total. The van der Waals surface area contributed by atoms with E-state index in [4.69, 9.17) is 4.98 Å². The lowest BCUT2D eigenvalue weighted by Gasteiger charge is -2.25. The van der Waals surface area contributed by atoms with Crippen LogP contribution in [0.2, 0.25) is 0 Å². The molecular formula is C18H18N4OS2. The normalized spacial score (nSPS) is 14.4. The lowest BCUT2D eigenvalue weighted by molar-refractivity contribution is -0.111. The summed E-state index contributed by atoms with van der Waals surface area (Å²) in [6.07, 6.45) is 5.86. The first-order valence-electron chi connectivity index (χ1n) is 8.20. The third-order valence-electron chi connectivity index (χ3n) is 4.41. The van der Waals surface area contributed by atoms with Crippen LogP contribution in [0.1, 0.15) is 17.4 Å². The van der Waals surface area contributed by atoms with Crippen LogP contribution in [0.15, 0.2) is 31.1 Å². The van der Waals surface area contributed by atoms with Gasteiger partial charge in [-0.25, -0.2) is 4.98 Å². The lowest BCUT2D eigenvalue weighted by atomic mass is 10.0. The van der Waals surface area contributed by atoms with Gasteiger partial charge in [0, 0.05) is 29.7 Å². The lowest BCUT2D eigenvalue weighted by Crippen LogP contribution is -2.29. The summed E-state index contributed by atoms with van der Waals surface area (Å²) < 4.78 is 1.11.